The van der Waals surface area contributed by atoms with Gasteiger partial charge in [0.25, 0.3) is 0 Å². The molecule has 0 amide bonds. The Hall–Kier alpha value is -2.09. The van der Waals surface area contributed by atoms with E-state index < -0.39 is 0 Å². The summed E-state index contributed by atoms with van der Waals surface area (Å²) in [5.74, 6) is 0.216. The standard InChI is InChI=1S/C18H20O2/c1-12-5-7-13(8-6-12)17(20)14-9-10-16(19)15(11-14)18(2,3)4/h5-11,19H,1-4H3. The van der Waals surface area contributed by atoms with Gasteiger partial charge in [-0.15, -0.1) is 0 Å². The first-order chi connectivity index (χ1) is 9.29. The van der Waals surface area contributed by atoms with Gasteiger partial charge in [0, 0.05) is 11.1 Å². The number of hydrogen-bond donors (Lipinski definition) is 1. The average molecular weight is 268 g/mol. The third-order valence-corrected chi connectivity index (χ3v) is 3.38. The Balaban J connectivity index is 2.43. The molecule has 0 aliphatic rings. The van der Waals surface area contributed by atoms with Crippen LogP contribution < -0.4 is 0 Å². The molecule has 0 heterocycles. The van der Waals surface area contributed by atoms with Crippen molar-refractivity contribution in [2.24, 2.45) is 0 Å². The summed E-state index contributed by atoms with van der Waals surface area (Å²) >= 11 is 0. The Kier molecular flexibility index (Phi) is 3.67. The summed E-state index contributed by atoms with van der Waals surface area (Å²) in [6.07, 6.45) is 0. The van der Waals surface area contributed by atoms with Crippen LogP contribution in [0.3, 0.4) is 0 Å². The first-order valence-electron chi connectivity index (χ1n) is 6.74. The largest absolute Gasteiger partial charge is 0.508 e. The molecule has 2 nitrogen and oxygen atoms in total. The minimum Gasteiger partial charge on any atom is -0.508 e. The Morgan fingerprint density at radius 1 is 0.950 bits per heavy atom. The average Bonchev–Trinajstić information content (AvgIpc) is 2.38. The van der Waals surface area contributed by atoms with Gasteiger partial charge >= 0.3 is 0 Å². The normalized spacial score (nSPS) is 11.4. The maximum absolute atomic E-state index is 12.5. The lowest BCUT2D eigenvalue weighted by molar-refractivity contribution is 0.103. The SMILES string of the molecule is Cc1ccc(C(=O)c2ccc(O)c(C(C)(C)C)c2)cc1. The van der Waals surface area contributed by atoms with Crippen molar-refractivity contribution in [3.63, 3.8) is 0 Å². The molecule has 0 fully saturated rings. The van der Waals surface area contributed by atoms with Gasteiger partial charge in [0.15, 0.2) is 5.78 Å². The number of benzene rings is 2. The third-order valence-electron chi connectivity index (χ3n) is 3.38. The summed E-state index contributed by atoms with van der Waals surface area (Å²) in [5, 5.41) is 9.95. The number of carbonyl (C=O) groups excluding carboxylic acids is 1. The smallest absolute Gasteiger partial charge is 0.193 e. The maximum atomic E-state index is 12.5. The zero-order chi connectivity index (χ0) is 14.9. The fourth-order valence-electron chi connectivity index (χ4n) is 2.15. The molecule has 0 saturated carbocycles. The number of hydrogen-bond acceptors (Lipinski definition) is 2. The van der Waals surface area contributed by atoms with Crippen LogP contribution in [0.25, 0.3) is 0 Å². The highest BCUT2D eigenvalue weighted by atomic mass is 16.3. The van der Waals surface area contributed by atoms with Crippen molar-refractivity contribution in [1.82, 2.24) is 0 Å². The fraction of sp³-hybridized carbons (Fsp3) is 0.278. The van der Waals surface area contributed by atoms with E-state index in [4.69, 9.17) is 0 Å². The topological polar surface area (TPSA) is 37.3 Å². The molecule has 0 unspecified atom stereocenters. The fourth-order valence-corrected chi connectivity index (χ4v) is 2.15. The zero-order valence-corrected chi connectivity index (χ0v) is 12.4. The predicted octanol–water partition coefficient (Wildman–Crippen LogP) is 4.23. The van der Waals surface area contributed by atoms with Gasteiger partial charge in [-0.05, 0) is 36.1 Å². The molecule has 0 spiro atoms. The number of rotatable bonds is 2. The summed E-state index contributed by atoms with van der Waals surface area (Å²) in [4.78, 5) is 12.5. The van der Waals surface area contributed by atoms with Gasteiger partial charge in [0.05, 0.1) is 0 Å². The molecule has 104 valence electrons. The lowest BCUT2D eigenvalue weighted by Crippen LogP contribution is -2.13. The van der Waals surface area contributed by atoms with Crippen LogP contribution in [0.1, 0.15) is 47.8 Å². The Morgan fingerprint density at radius 2 is 1.50 bits per heavy atom. The second-order valence-electron chi connectivity index (χ2n) is 6.18. The van der Waals surface area contributed by atoms with Gasteiger partial charge in [0.1, 0.15) is 5.75 Å². The molecular weight excluding hydrogens is 248 g/mol. The molecule has 2 aromatic carbocycles. The lowest BCUT2D eigenvalue weighted by atomic mass is 9.84. The summed E-state index contributed by atoms with van der Waals surface area (Å²) in [6.45, 7) is 8.04. The summed E-state index contributed by atoms with van der Waals surface area (Å²) < 4.78 is 0. The molecule has 20 heavy (non-hydrogen) atoms. The quantitative estimate of drug-likeness (QED) is 0.828. The third kappa shape index (κ3) is 2.90. The number of phenolic OH excluding ortho intramolecular Hbond substituents is 1. The second-order valence-corrected chi connectivity index (χ2v) is 6.18. The predicted molar refractivity (Wildman–Crippen MR) is 81.4 cm³/mol. The molecular formula is C18H20O2. The summed E-state index contributed by atoms with van der Waals surface area (Å²) in [7, 11) is 0. The van der Waals surface area contributed by atoms with Gasteiger partial charge in [-0.25, -0.2) is 0 Å². The molecule has 2 heteroatoms. The van der Waals surface area contributed by atoms with E-state index in [1.54, 1.807) is 18.2 Å². The van der Waals surface area contributed by atoms with Gasteiger partial charge < -0.3 is 5.11 Å². The molecule has 0 aliphatic heterocycles. The van der Waals surface area contributed by atoms with E-state index in [0.717, 1.165) is 11.1 Å². The molecule has 2 rings (SSSR count). The van der Waals surface area contributed by atoms with Crippen molar-refractivity contribution in [2.75, 3.05) is 0 Å². The zero-order valence-electron chi connectivity index (χ0n) is 12.4. The highest BCUT2D eigenvalue weighted by Crippen LogP contribution is 2.31. The van der Waals surface area contributed by atoms with Crippen molar-refractivity contribution in [3.8, 4) is 5.75 Å². The van der Waals surface area contributed by atoms with Crippen LogP contribution in [0.5, 0.6) is 5.75 Å². The number of phenols is 1. The maximum Gasteiger partial charge on any atom is 0.193 e. The van der Waals surface area contributed by atoms with Crippen molar-refractivity contribution in [2.45, 2.75) is 33.1 Å². The van der Waals surface area contributed by atoms with E-state index in [0.29, 0.717) is 11.1 Å². The second kappa shape index (κ2) is 5.12. The van der Waals surface area contributed by atoms with Crippen molar-refractivity contribution >= 4 is 5.78 Å². The first kappa shape index (κ1) is 14.3. The minimum absolute atomic E-state index is 0.0181. The monoisotopic (exact) mass is 268 g/mol. The van der Waals surface area contributed by atoms with Crippen LogP contribution in [0, 0.1) is 6.92 Å². The van der Waals surface area contributed by atoms with Gasteiger partial charge in [-0.1, -0.05) is 50.6 Å². The lowest BCUT2D eigenvalue weighted by Gasteiger charge is -2.21. The van der Waals surface area contributed by atoms with Crippen LogP contribution in [0.2, 0.25) is 0 Å². The molecule has 0 saturated heterocycles. The van der Waals surface area contributed by atoms with Crippen LogP contribution >= 0.6 is 0 Å². The molecule has 0 atom stereocenters. The molecule has 2 aromatic rings. The van der Waals surface area contributed by atoms with Gasteiger partial charge in [0.2, 0.25) is 0 Å². The molecule has 0 bridgehead atoms. The van der Waals surface area contributed by atoms with Crippen molar-refractivity contribution < 1.29 is 9.90 Å². The van der Waals surface area contributed by atoms with Crippen molar-refractivity contribution in [3.05, 3.63) is 64.7 Å². The number of carbonyl (C=O) groups is 1. The first-order valence-corrected chi connectivity index (χ1v) is 6.74. The molecule has 1 N–H and O–H groups in total. The van der Waals surface area contributed by atoms with E-state index in [1.807, 2.05) is 52.0 Å². The van der Waals surface area contributed by atoms with Crippen molar-refractivity contribution in [1.29, 1.82) is 0 Å². The van der Waals surface area contributed by atoms with Crippen LogP contribution in [-0.4, -0.2) is 10.9 Å². The van der Waals surface area contributed by atoms with E-state index in [2.05, 4.69) is 0 Å². The highest BCUT2D eigenvalue weighted by Gasteiger charge is 2.20. The number of aromatic hydroxyl groups is 1. The van der Waals surface area contributed by atoms with E-state index in [1.165, 1.54) is 0 Å². The van der Waals surface area contributed by atoms with Crippen LogP contribution in [0.4, 0.5) is 0 Å². The van der Waals surface area contributed by atoms with E-state index in [-0.39, 0.29) is 16.9 Å². The van der Waals surface area contributed by atoms with Gasteiger partial charge in [-0.2, -0.15) is 0 Å². The van der Waals surface area contributed by atoms with Gasteiger partial charge in [-0.3, -0.25) is 4.79 Å². The van der Waals surface area contributed by atoms with E-state index >= 15 is 0 Å². The van der Waals surface area contributed by atoms with E-state index in [9.17, 15) is 9.90 Å². The Labute approximate surface area is 120 Å². The summed E-state index contributed by atoms with van der Waals surface area (Å²) in [6, 6.07) is 12.6. The Bertz CT molecular complexity index is 631. The molecule has 0 aromatic heterocycles. The van der Waals surface area contributed by atoms with Crippen LogP contribution in [-0.2, 0) is 5.41 Å². The highest BCUT2D eigenvalue weighted by molar-refractivity contribution is 6.09. The summed E-state index contributed by atoms with van der Waals surface area (Å²) in [5.41, 5.74) is 2.99. The Morgan fingerprint density at radius 3 is 2.05 bits per heavy atom. The van der Waals surface area contributed by atoms with Crippen LogP contribution in [0.15, 0.2) is 42.5 Å². The number of ketones is 1. The minimum atomic E-state index is -0.201. The molecule has 0 radical (unpaired) electrons. The number of aryl methyl sites for hydroxylation is 1. The molecule has 0 aliphatic carbocycles.